The van der Waals surface area contributed by atoms with Gasteiger partial charge in [-0.05, 0) is 19.3 Å². The number of aliphatic hydroxyl groups excluding tert-OH is 5. The molecule has 1 fully saturated rings. The maximum atomic E-state index is 12.9. The van der Waals surface area contributed by atoms with Crippen molar-refractivity contribution in [3.05, 3.63) is 12.2 Å². The first-order valence-electron chi connectivity index (χ1n) is 20.9. The summed E-state index contributed by atoms with van der Waals surface area (Å²) in [5, 5.41) is 54.0. The van der Waals surface area contributed by atoms with E-state index >= 15 is 0 Å². The summed E-state index contributed by atoms with van der Waals surface area (Å²) in [6.07, 6.45) is 28.2. The zero-order chi connectivity index (χ0) is 36.7. The number of nitrogens with one attached hydrogen (secondary N) is 1. The molecule has 1 aliphatic heterocycles. The van der Waals surface area contributed by atoms with Crippen LogP contribution in [0, 0.1) is 0 Å². The number of ether oxygens (including phenoxy) is 2. The topological polar surface area (TPSA) is 149 Å². The molecule has 0 aromatic heterocycles. The monoisotopic (exact) mass is 714 g/mol. The standard InChI is InChI=1S/C41H79NO8/c1-3-5-7-9-11-13-15-17-19-20-22-24-26-28-30-35(44)34(33-49-41-40(48)39(47)38(46)36(32-43)50-41)42-37(45)31-29-27-25-23-21-18-16-14-12-10-8-6-4-2/h28,30,34-36,38-41,43-44,46-48H,3-27,29,31-33H2,1-2H3,(H,42,45)/b30-28+/t34-,35+,36+,38-,39?,40?,41+/m0/s1. The summed E-state index contributed by atoms with van der Waals surface area (Å²) in [4.78, 5) is 12.9. The molecule has 0 aliphatic carbocycles. The molecular weight excluding hydrogens is 634 g/mol. The average molecular weight is 714 g/mol. The van der Waals surface area contributed by atoms with Gasteiger partial charge in [-0.1, -0.05) is 174 Å². The number of aliphatic hydroxyl groups is 5. The van der Waals surface area contributed by atoms with Gasteiger partial charge in [-0.2, -0.15) is 0 Å². The van der Waals surface area contributed by atoms with Crippen molar-refractivity contribution in [2.24, 2.45) is 0 Å². The quantitative estimate of drug-likeness (QED) is 0.0293. The number of rotatable bonds is 34. The van der Waals surface area contributed by atoms with Gasteiger partial charge < -0.3 is 40.3 Å². The Morgan fingerprint density at radius 3 is 1.56 bits per heavy atom. The Morgan fingerprint density at radius 2 is 1.10 bits per heavy atom. The first kappa shape index (κ1) is 47.0. The molecule has 1 aliphatic rings. The molecule has 0 aromatic carbocycles. The second-order valence-electron chi connectivity index (χ2n) is 14.8. The molecule has 1 saturated heterocycles. The highest BCUT2D eigenvalue weighted by Gasteiger charge is 2.44. The predicted molar refractivity (Wildman–Crippen MR) is 203 cm³/mol. The van der Waals surface area contributed by atoms with Crippen LogP contribution in [0.5, 0.6) is 0 Å². The number of allylic oxidation sites excluding steroid dienone is 1. The summed E-state index contributed by atoms with van der Waals surface area (Å²) < 4.78 is 11.2. The fourth-order valence-electron chi connectivity index (χ4n) is 6.68. The van der Waals surface area contributed by atoms with Crippen molar-refractivity contribution in [1.82, 2.24) is 5.32 Å². The minimum absolute atomic E-state index is 0.177. The maximum absolute atomic E-state index is 12.9. The molecule has 9 heteroatoms. The largest absolute Gasteiger partial charge is 0.394 e. The lowest BCUT2D eigenvalue weighted by Gasteiger charge is -2.40. The maximum Gasteiger partial charge on any atom is 0.220 e. The Balaban J connectivity index is 2.42. The van der Waals surface area contributed by atoms with E-state index in [-0.39, 0.29) is 12.5 Å². The Hall–Kier alpha value is -1.07. The minimum atomic E-state index is -1.56. The van der Waals surface area contributed by atoms with Crippen LogP contribution in [0.3, 0.4) is 0 Å². The smallest absolute Gasteiger partial charge is 0.220 e. The summed E-state index contributed by atoms with van der Waals surface area (Å²) in [5.74, 6) is -0.177. The fraction of sp³-hybridized carbons (Fsp3) is 0.927. The van der Waals surface area contributed by atoms with Crippen LogP contribution >= 0.6 is 0 Å². The Bertz CT molecular complexity index is 797. The van der Waals surface area contributed by atoms with Crippen molar-refractivity contribution in [2.45, 2.75) is 230 Å². The number of carbonyl (C=O) groups excluding carboxylic acids is 1. The van der Waals surface area contributed by atoms with Gasteiger partial charge in [-0.25, -0.2) is 0 Å². The van der Waals surface area contributed by atoms with E-state index in [4.69, 9.17) is 9.47 Å². The molecule has 2 unspecified atom stereocenters. The predicted octanol–water partition coefficient (Wildman–Crippen LogP) is 7.78. The summed E-state index contributed by atoms with van der Waals surface area (Å²) >= 11 is 0. The third-order valence-electron chi connectivity index (χ3n) is 10.1. The van der Waals surface area contributed by atoms with Crippen LogP contribution in [0.1, 0.15) is 187 Å². The van der Waals surface area contributed by atoms with E-state index in [0.717, 1.165) is 38.5 Å². The Morgan fingerprint density at radius 1 is 0.660 bits per heavy atom. The van der Waals surface area contributed by atoms with Crippen LogP contribution in [0.25, 0.3) is 0 Å². The number of hydrogen-bond donors (Lipinski definition) is 6. The van der Waals surface area contributed by atoms with Gasteiger partial charge >= 0.3 is 0 Å². The van der Waals surface area contributed by atoms with Gasteiger partial charge in [-0.3, -0.25) is 4.79 Å². The second-order valence-corrected chi connectivity index (χ2v) is 14.8. The molecule has 0 bridgehead atoms. The van der Waals surface area contributed by atoms with Crippen LogP contribution in [-0.2, 0) is 14.3 Å². The second kappa shape index (κ2) is 32.6. The van der Waals surface area contributed by atoms with Gasteiger partial charge in [0.25, 0.3) is 0 Å². The zero-order valence-corrected chi connectivity index (χ0v) is 32.2. The van der Waals surface area contributed by atoms with Crippen molar-refractivity contribution in [3.63, 3.8) is 0 Å². The first-order valence-corrected chi connectivity index (χ1v) is 20.9. The van der Waals surface area contributed by atoms with E-state index in [9.17, 15) is 30.3 Å². The van der Waals surface area contributed by atoms with Gasteiger partial charge in [-0.15, -0.1) is 0 Å². The van der Waals surface area contributed by atoms with E-state index in [0.29, 0.717) is 6.42 Å². The third-order valence-corrected chi connectivity index (χ3v) is 10.1. The van der Waals surface area contributed by atoms with E-state index in [2.05, 4.69) is 19.2 Å². The Kier molecular flexibility index (Phi) is 30.6. The van der Waals surface area contributed by atoms with Gasteiger partial charge in [0.05, 0.1) is 25.4 Å². The highest BCUT2D eigenvalue weighted by Crippen LogP contribution is 2.22. The average Bonchev–Trinajstić information content (AvgIpc) is 3.11. The molecular formula is C41H79NO8. The lowest BCUT2D eigenvalue weighted by molar-refractivity contribution is -0.302. The van der Waals surface area contributed by atoms with Crippen molar-refractivity contribution >= 4 is 5.91 Å². The molecule has 1 amide bonds. The molecule has 0 aromatic rings. The number of hydrogen-bond acceptors (Lipinski definition) is 8. The molecule has 6 N–H and O–H groups in total. The van der Waals surface area contributed by atoms with Gasteiger partial charge in [0.1, 0.15) is 24.4 Å². The number of unbranched alkanes of at least 4 members (excludes halogenated alkanes) is 24. The molecule has 1 heterocycles. The van der Waals surface area contributed by atoms with Crippen molar-refractivity contribution in [1.29, 1.82) is 0 Å². The number of amides is 1. The summed E-state index contributed by atoms with van der Waals surface area (Å²) in [7, 11) is 0. The van der Waals surface area contributed by atoms with E-state index in [1.807, 2.05) is 6.08 Å². The molecule has 9 nitrogen and oxygen atoms in total. The summed E-state index contributed by atoms with van der Waals surface area (Å²) in [6.45, 7) is 3.76. The fourth-order valence-corrected chi connectivity index (χ4v) is 6.68. The van der Waals surface area contributed by atoms with E-state index in [1.54, 1.807) is 6.08 Å². The van der Waals surface area contributed by atoms with Crippen LogP contribution in [0.2, 0.25) is 0 Å². The summed E-state index contributed by atoms with van der Waals surface area (Å²) in [6, 6.07) is -0.796. The van der Waals surface area contributed by atoms with Crippen molar-refractivity contribution in [3.8, 4) is 0 Å². The van der Waals surface area contributed by atoms with Crippen molar-refractivity contribution < 1.29 is 39.8 Å². The van der Waals surface area contributed by atoms with Crippen LogP contribution < -0.4 is 5.32 Å². The molecule has 0 radical (unpaired) electrons. The first-order chi connectivity index (χ1) is 24.3. The summed E-state index contributed by atoms with van der Waals surface area (Å²) in [5.41, 5.74) is 0. The van der Waals surface area contributed by atoms with Crippen LogP contribution in [0.15, 0.2) is 12.2 Å². The zero-order valence-electron chi connectivity index (χ0n) is 32.2. The lowest BCUT2D eigenvalue weighted by Crippen LogP contribution is -2.60. The van der Waals surface area contributed by atoms with Crippen LogP contribution in [-0.4, -0.2) is 87.5 Å². The van der Waals surface area contributed by atoms with Crippen LogP contribution in [0.4, 0.5) is 0 Å². The molecule has 50 heavy (non-hydrogen) atoms. The van der Waals surface area contributed by atoms with Gasteiger partial charge in [0.15, 0.2) is 6.29 Å². The van der Waals surface area contributed by atoms with Gasteiger partial charge in [0, 0.05) is 6.42 Å². The van der Waals surface area contributed by atoms with E-state index in [1.165, 1.54) is 128 Å². The van der Waals surface area contributed by atoms with Gasteiger partial charge in [0.2, 0.25) is 5.91 Å². The SMILES string of the molecule is CCCCCCCCCCCCCC/C=C/[C@@H](O)[C@H](CO[C@@H]1O[C@H](CO)[C@H](O)C(O)C1O)NC(=O)CCCCCCCCCCCCCCC. The molecule has 7 atom stereocenters. The third kappa shape index (κ3) is 23.5. The Labute approximate surface area is 306 Å². The molecule has 296 valence electrons. The number of carbonyl (C=O) groups is 1. The minimum Gasteiger partial charge on any atom is -0.394 e. The molecule has 0 saturated carbocycles. The highest BCUT2D eigenvalue weighted by atomic mass is 16.7. The molecule has 0 spiro atoms. The normalized spacial score (nSPS) is 22.3. The molecule has 1 rings (SSSR count). The van der Waals surface area contributed by atoms with Crippen molar-refractivity contribution in [2.75, 3.05) is 13.2 Å². The lowest BCUT2D eigenvalue weighted by atomic mass is 9.99. The highest BCUT2D eigenvalue weighted by molar-refractivity contribution is 5.76. The van der Waals surface area contributed by atoms with E-state index < -0.39 is 49.5 Å².